The van der Waals surface area contributed by atoms with Crippen LogP contribution in [0, 0.1) is 0 Å². The van der Waals surface area contributed by atoms with Crippen molar-refractivity contribution in [3.05, 3.63) is 24.0 Å². The standard InChI is InChI=1S/C9H9N7O/c17-8(13-9-10-3-4-11-16-9)7-12-6(14-15-7)5-1-2-5/h3-5H,1-2H2,(H,12,14,15)(H,10,13,16,17). The maximum atomic E-state index is 11.7. The maximum absolute atomic E-state index is 11.7. The molecule has 2 aromatic heterocycles. The van der Waals surface area contributed by atoms with Gasteiger partial charge in [0, 0.05) is 5.92 Å². The summed E-state index contributed by atoms with van der Waals surface area (Å²) in [4.78, 5) is 19.6. The van der Waals surface area contributed by atoms with Crippen LogP contribution in [-0.4, -0.2) is 36.3 Å². The van der Waals surface area contributed by atoms with Crippen molar-refractivity contribution < 1.29 is 4.79 Å². The summed E-state index contributed by atoms with van der Waals surface area (Å²) < 4.78 is 0. The fourth-order valence-electron chi connectivity index (χ4n) is 1.38. The van der Waals surface area contributed by atoms with Gasteiger partial charge in [0.15, 0.2) is 0 Å². The lowest BCUT2D eigenvalue weighted by molar-refractivity contribution is 0.101. The average molecular weight is 231 g/mol. The Hall–Kier alpha value is -2.38. The number of amides is 1. The Kier molecular flexibility index (Phi) is 2.25. The summed E-state index contributed by atoms with van der Waals surface area (Å²) in [6.07, 6.45) is 5.06. The molecule has 0 aliphatic heterocycles. The van der Waals surface area contributed by atoms with Gasteiger partial charge in [-0.3, -0.25) is 15.2 Å². The van der Waals surface area contributed by atoms with Gasteiger partial charge >= 0.3 is 0 Å². The van der Waals surface area contributed by atoms with Crippen molar-refractivity contribution >= 4 is 11.9 Å². The largest absolute Gasteiger partial charge is 0.297 e. The lowest BCUT2D eigenvalue weighted by Crippen LogP contribution is -2.16. The zero-order valence-corrected chi connectivity index (χ0v) is 8.79. The van der Waals surface area contributed by atoms with Gasteiger partial charge in [0.1, 0.15) is 5.82 Å². The molecular formula is C9H9N7O. The van der Waals surface area contributed by atoms with Crippen LogP contribution in [0.1, 0.15) is 35.2 Å². The number of aromatic amines is 1. The molecule has 2 heterocycles. The minimum Gasteiger partial charge on any atom is -0.286 e. The fourth-order valence-corrected chi connectivity index (χ4v) is 1.38. The van der Waals surface area contributed by atoms with Crippen molar-refractivity contribution in [2.75, 3.05) is 5.32 Å². The first kappa shape index (κ1) is 9.82. The van der Waals surface area contributed by atoms with Gasteiger partial charge in [0.2, 0.25) is 11.8 Å². The quantitative estimate of drug-likeness (QED) is 0.776. The Bertz CT molecular complexity index is 533. The number of hydrogen-bond acceptors (Lipinski definition) is 6. The van der Waals surface area contributed by atoms with Gasteiger partial charge in [0.05, 0.1) is 12.4 Å². The van der Waals surface area contributed by atoms with Crippen LogP contribution in [0.15, 0.2) is 12.4 Å². The van der Waals surface area contributed by atoms with Crippen LogP contribution < -0.4 is 5.32 Å². The van der Waals surface area contributed by atoms with Gasteiger partial charge < -0.3 is 0 Å². The van der Waals surface area contributed by atoms with Crippen LogP contribution in [0.2, 0.25) is 0 Å². The summed E-state index contributed by atoms with van der Waals surface area (Å²) in [6, 6.07) is 0. The van der Waals surface area contributed by atoms with Gasteiger partial charge in [-0.1, -0.05) is 0 Å². The summed E-state index contributed by atoms with van der Waals surface area (Å²) in [7, 11) is 0. The average Bonchev–Trinajstić information content (AvgIpc) is 3.08. The minimum atomic E-state index is -0.443. The monoisotopic (exact) mass is 231 g/mol. The van der Waals surface area contributed by atoms with Crippen molar-refractivity contribution in [2.45, 2.75) is 18.8 Å². The molecule has 1 amide bonds. The first-order valence-corrected chi connectivity index (χ1v) is 5.20. The van der Waals surface area contributed by atoms with E-state index in [1.165, 1.54) is 12.4 Å². The number of nitrogens with one attached hydrogen (secondary N) is 2. The SMILES string of the molecule is O=C(Nc1nccnn1)c1n[nH]c(C2CC2)n1. The molecule has 0 bridgehead atoms. The molecule has 0 radical (unpaired) electrons. The van der Waals surface area contributed by atoms with Crippen LogP contribution in [0.5, 0.6) is 0 Å². The molecular weight excluding hydrogens is 222 g/mol. The first-order valence-electron chi connectivity index (χ1n) is 5.20. The summed E-state index contributed by atoms with van der Waals surface area (Å²) in [5.41, 5.74) is 0. The number of hydrogen-bond donors (Lipinski definition) is 2. The number of nitrogens with zero attached hydrogens (tertiary/aromatic N) is 5. The molecule has 3 rings (SSSR count). The number of anilines is 1. The Morgan fingerprint density at radius 1 is 1.41 bits per heavy atom. The normalized spacial score (nSPS) is 14.6. The van der Waals surface area contributed by atoms with Gasteiger partial charge in [-0.15, -0.1) is 10.2 Å². The molecule has 1 aliphatic carbocycles. The third kappa shape index (κ3) is 2.10. The predicted molar refractivity (Wildman–Crippen MR) is 56.1 cm³/mol. The van der Waals surface area contributed by atoms with Crippen LogP contribution in [-0.2, 0) is 0 Å². The van der Waals surface area contributed by atoms with Crippen molar-refractivity contribution in [3.63, 3.8) is 0 Å². The second kappa shape index (κ2) is 3.89. The summed E-state index contributed by atoms with van der Waals surface area (Å²) in [5.74, 6) is 0.983. The Morgan fingerprint density at radius 3 is 3.00 bits per heavy atom. The molecule has 2 N–H and O–H groups in total. The molecule has 0 unspecified atom stereocenters. The van der Waals surface area contributed by atoms with Crippen LogP contribution in [0.3, 0.4) is 0 Å². The zero-order valence-electron chi connectivity index (χ0n) is 8.79. The van der Waals surface area contributed by atoms with Gasteiger partial charge in [-0.25, -0.2) is 9.97 Å². The molecule has 0 saturated heterocycles. The van der Waals surface area contributed by atoms with E-state index in [0.29, 0.717) is 5.92 Å². The number of aromatic nitrogens is 6. The third-order valence-electron chi connectivity index (χ3n) is 2.38. The fraction of sp³-hybridized carbons (Fsp3) is 0.333. The Balaban J connectivity index is 1.72. The van der Waals surface area contributed by atoms with Gasteiger partial charge in [0.25, 0.3) is 5.91 Å². The maximum Gasteiger partial charge on any atom is 0.297 e. The van der Waals surface area contributed by atoms with E-state index in [-0.39, 0.29) is 11.8 Å². The summed E-state index contributed by atoms with van der Waals surface area (Å²) in [5, 5.41) is 16.3. The van der Waals surface area contributed by atoms with Crippen LogP contribution >= 0.6 is 0 Å². The number of rotatable bonds is 3. The predicted octanol–water partition coefficient (Wildman–Crippen LogP) is 0.119. The van der Waals surface area contributed by atoms with Crippen LogP contribution in [0.4, 0.5) is 5.95 Å². The molecule has 1 fully saturated rings. The molecule has 17 heavy (non-hydrogen) atoms. The van der Waals surface area contributed by atoms with Crippen LogP contribution in [0.25, 0.3) is 0 Å². The Labute approximate surface area is 95.9 Å². The third-order valence-corrected chi connectivity index (χ3v) is 2.38. The van der Waals surface area contributed by atoms with E-state index >= 15 is 0 Å². The lowest BCUT2D eigenvalue weighted by atomic mass is 10.4. The summed E-state index contributed by atoms with van der Waals surface area (Å²) in [6.45, 7) is 0. The second-order valence-corrected chi connectivity index (χ2v) is 3.74. The van der Waals surface area contributed by atoms with E-state index in [1.54, 1.807) is 0 Å². The molecule has 0 aromatic carbocycles. The zero-order chi connectivity index (χ0) is 11.7. The van der Waals surface area contributed by atoms with Crippen molar-refractivity contribution in [2.24, 2.45) is 0 Å². The van der Waals surface area contributed by atoms with E-state index in [4.69, 9.17) is 0 Å². The van der Waals surface area contributed by atoms with Crippen molar-refractivity contribution in [1.29, 1.82) is 0 Å². The highest BCUT2D eigenvalue weighted by molar-refractivity contribution is 6.00. The molecule has 1 saturated carbocycles. The highest BCUT2D eigenvalue weighted by atomic mass is 16.2. The van der Waals surface area contributed by atoms with E-state index in [9.17, 15) is 4.79 Å². The number of carbonyl (C=O) groups excluding carboxylic acids is 1. The highest BCUT2D eigenvalue weighted by Crippen LogP contribution is 2.37. The van der Waals surface area contributed by atoms with E-state index in [1.807, 2.05) is 0 Å². The molecule has 8 heteroatoms. The Morgan fingerprint density at radius 2 is 2.29 bits per heavy atom. The minimum absolute atomic E-state index is 0.0966. The topological polar surface area (TPSA) is 109 Å². The molecule has 86 valence electrons. The lowest BCUT2D eigenvalue weighted by Gasteiger charge is -1.97. The first-order chi connectivity index (χ1) is 8.33. The van der Waals surface area contributed by atoms with E-state index < -0.39 is 5.91 Å². The second-order valence-electron chi connectivity index (χ2n) is 3.74. The molecule has 0 spiro atoms. The number of H-pyrrole nitrogens is 1. The summed E-state index contributed by atoms with van der Waals surface area (Å²) >= 11 is 0. The number of carbonyl (C=O) groups is 1. The van der Waals surface area contributed by atoms with Crippen molar-refractivity contribution in [3.8, 4) is 0 Å². The van der Waals surface area contributed by atoms with E-state index in [0.717, 1.165) is 18.7 Å². The van der Waals surface area contributed by atoms with Crippen molar-refractivity contribution in [1.82, 2.24) is 30.4 Å². The van der Waals surface area contributed by atoms with Gasteiger partial charge in [-0.2, -0.15) is 5.10 Å². The smallest absolute Gasteiger partial charge is 0.286 e. The van der Waals surface area contributed by atoms with Gasteiger partial charge in [-0.05, 0) is 12.8 Å². The molecule has 2 aromatic rings. The molecule has 1 aliphatic rings. The molecule has 0 atom stereocenters. The van der Waals surface area contributed by atoms with E-state index in [2.05, 4.69) is 35.7 Å². The molecule has 8 nitrogen and oxygen atoms in total. The highest BCUT2D eigenvalue weighted by Gasteiger charge is 2.28.